The average molecular weight is 302 g/mol. The number of aromatic nitrogens is 2. The number of H-pyrrole nitrogens is 1. The van der Waals surface area contributed by atoms with Gasteiger partial charge in [0.15, 0.2) is 6.10 Å². The number of hydrogen-bond donors (Lipinski definition) is 2. The van der Waals surface area contributed by atoms with Gasteiger partial charge < -0.3 is 14.6 Å². The Hall–Kier alpha value is -2.49. The second kappa shape index (κ2) is 5.48. The highest BCUT2D eigenvalue weighted by Gasteiger charge is 2.43. The molecule has 0 aliphatic carbocycles. The maximum Gasteiger partial charge on any atom is 0.336 e. The second-order valence-corrected chi connectivity index (χ2v) is 4.38. The molecule has 1 saturated heterocycles. The molecule has 2 rings (SSSR count). The summed E-state index contributed by atoms with van der Waals surface area (Å²) in [7, 11) is 0. The Balaban J connectivity index is 2.32. The molecule has 2 N–H and O–H groups in total. The van der Waals surface area contributed by atoms with E-state index in [-0.39, 0.29) is 6.42 Å². The Kier molecular flexibility index (Phi) is 3.89. The third-order valence-electron chi connectivity index (χ3n) is 2.87. The van der Waals surface area contributed by atoms with E-state index in [0.29, 0.717) is 10.8 Å². The predicted octanol–water partition coefficient (Wildman–Crippen LogP) is -1.02. The van der Waals surface area contributed by atoms with Crippen LogP contribution in [-0.4, -0.2) is 38.8 Å². The van der Waals surface area contributed by atoms with Crippen molar-refractivity contribution in [3.8, 4) is 0 Å². The smallest absolute Gasteiger partial charge is 0.336 e. The Labute approximate surface area is 115 Å². The van der Waals surface area contributed by atoms with Crippen LogP contribution in [0.1, 0.15) is 19.6 Å². The van der Waals surface area contributed by atoms with Gasteiger partial charge in [-0.15, -0.1) is 0 Å². The van der Waals surface area contributed by atoms with Gasteiger partial charge in [-0.25, -0.2) is 9.59 Å². The molecule has 1 fully saturated rings. The van der Waals surface area contributed by atoms with Gasteiger partial charge in [-0.3, -0.25) is 19.1 Å². The molecule has 0 aromatic carbocycles. The molecule has 0 amide bonds. The molecule has 21 heavy (non-hydrogen) atoms. The third kappa shape index (κ3) is 2.99. The van der Waals surface area contributed by atoms with Gasteiger partial charge in [-0.05, 0) is 0 Å². The lowest BCUT2D eigenvalue weighted by Gasteiger charge is -2.13. The van der Waals surface area contributed by atoms with Crippen molar-refractivity contribution in [3.63, 3.8) is 0 Å². The predicted molar refractivity (Wildman–Crippen MR) is 63.0 cm³/mol. The van der Waals surface area contributed by atoms with Crippen LogP contribution >= 0.6 is 0 Å². The fourth-order valence-corrected chi connectivity index (χ4v) is 2.03. The monoisotopic (exact) mass is 302 g/mol. The highest BCUT2D eigenvalue weighted by Crippen LogP contribution is 2.30. The normalized spacial score (nSPS) is 24.8. The molecule has 9 nitrogen and oxygen atoms in total. The summed E-state index contributed by atoms with van der Waals surface area (Å²) in [5.74, 6) is -3.32. The molecule has 0 spiro atoms. The topological polar surface area (TPSA) is 128 Å². The summed E-state index contributed by atoms with van der Waals surface area (Å²) < 4.78 is 23.8. The van der Waals surface area contributed by atoms with E-state index in [2.05, 4.69) is 0 Å². The Morgan fingerprint density at radius 2 is 2.19 bits per heavy atom. The summed E-state index contributed by atoms with van der Waals surface area (Å²) in [6.45, 7) is 1.10. The van der Waals surface area contributed by atoms with Crippen molar-refractivity contribution in [3.05, 3.63) is 32.9 Å². The van der Waals surface area contributed by atoms with Crippen LogP contribution in [-0.2, 0) is 19.1 Å². The van der Waals surface area contributed by atoms with Crippen LogP contribution in [0.3, 0.4) is 0 Å². The van der Waals surface area contributed by atoms with Crippen molar-refractivity contribution in [2.45, 2.75) is 31.8 Å². The number of nitrogens with zero attached hydrogens (tertiary/aromatic N) is 1. The average Bonchev–Trinajstić information content (AvgIpc) is 2.76. The number of aromatic amines is 1. The van der Waals surface area contributed by atoms with Gasteiger partial charge in [0.25, 0.3) is 5.56 Å². The molecule has 10 heteroatoms. The summed E-state index contributed by atoms with van der Waals surface area (Å²) in [4.78, 5) is 46.2. The third-order valence-corrected chi connectivity index (χ3v) is 2.87. The molecule has 3 atom stereocenters. The zero-order valence-electron chi connectivity index (χ0n) is 10.7. The van der Waals surface area contributed by atoms with Crippen molar-refractivity contribution >= 4 is 11.9 Å². The van der Waals surface area contributed by atoms with Gasteiger partial charge >= 0.3 is 17.6 Å². The van der Waals surface area contributed by atoms with Crippen LogP contribution in [0.5, 0.6) is 0 Å². The maximum atomic E-state index is 13.2. The second-order valence-electron chi connectivity index (χ2n) is 4.38. The standard InChI is InChI=1S/C11H11FN2O7/c1-4(15)20-6-2-7(21-8(6)10(17)18)14-3-5(12)9(16)13-11(14)19/h3,6-8H,2H2,1H3,(H,17,18)(H,13,16,19)/t6-,7+,8-/m0/s1. The van der Waals surface area contributed by atoms with Crippen LogP contribution in [0.2, 0.25) is 0 Å². The fraction of sp³-hybridized carbons (Fsp3) is 0.455. The van der Waals surface area contributed by atoms with Crippen molar-refractivity contribution in [2.75, 3.05) is 0 Å². The van der Waals surface area contributed by atoms with Crippen LogP contribution in [0, 0.1) is 5.82 Å². The lowest BCUT2D eigenvalue weighted by Crippen LogP contribution is -2.34. The van der Waals surface area contributed by atoms with E-state index in [1.165, 1.54) is 0 Å². The van der Waals surface area contributed by atoms with Crippen molar-refractivity contribution < 1.29 is 28.6 Å². The zero-order valence-corrected chi connectivity index (χ0v) is 10.7. The zero-order chi connectivity index (χ0) is 15.7. The number of carbonyl (C=O) groups excluding carboxylic acids is 1. The number of carboxylic acid groups (broad SMARTS) is 1. The summed E-state index contributed by atoms with van der Waals surface area (Å²) >= 11 is 0. The largest absolute Gasteiger partial charge is 0.479 e. The van der Waals surface area contributed by atoms with Gasteiger partial charge in [-0.1, -0.05) is 0 Å². The number of hydrogen-bond acceptors (Lipinski definition) is 6. The number of ether oxygens (including phenoxy) is 2. The molecular formula is C11H11FN2O7. The molecular weight excluding hydrogens is 291 g/mol. The first-order valence-corrected chi connectivity index (χ1v) is 5.86. The van der Waals surface area contributed by atoms with Gasteiger partial charge in [0.05, 0.1) is 6.20 Å². The summed E-state index contributed by atoms with van der Waals surface area (Å²) in [6, 6.07) is 0. The highest BCUT2D eigenvalue weighted by atomic mass is 19.1. The van der Waals surface area contributed by atoms with E-state index >= 15 is 0 Å². The van der Waals surface area contributed by atoms with Gasteiger partial charge in [0.2, 0.25) is 5.82 Å². The van der Waals surface area contributed by atoms with E-state index in [0.717, 1.165) is 6.92 Å². The summed E-state index contributed by atoms with van der Waals surface area (Å²) in [6.07, 6.45) is -3.33. The number of aliphatic carboxylic acids is 1. The van der Waals surface area contributed by atoms with Gasteiger partial charge in [0.1, 0.15) is 12.3 Å². The lowest BCUT2D eigenvalue weighted by molar-refractivity contribution is -0.162. The van der Waals surface area contributed by atoms with E-state index in [4.69, 9.17) is 14.6 Å². The lowest BCUT2D eigenvalue weighted by atomic mass is 10.2. The summed E-state index contributed by atoms with van der Waals surface area (Å²) in [5.41, 5.74) is -2.15. The van der Waals surface area contributed by atoms with E-state index in [9.17, 15) is 23.6 Å². The number of carbonyl (C=O) groups is 2. The van der Waals surface area contributed by atoms with Crippen molar-refractivity contribution in [1.82, 2.24) is 9.55 Å². The first-order chi connectivity index (χ1) is 9.79. The fourth-order valence-electron chi connectivity index (χ4n) is 2.03. The molecule has 2 heterocycles. The van der Waals surface area contributed by atoms with Crippen LogP contribution in [0.25, 0.3) is 0 Å². The molecule has 0 unspecified atom stereocenters. The first kappa shape index (κ1) is 14.9. The molecule has 1 aliphatic rings. The van der Waals surface area contributed by atoms with Gasteiger partial charge in [-0.2, -0.15) is 4.39 Å². The van der Waals surface area contributed by atoms with E-state index in [1.807, 2.05) is 0 Å². The summed E-state index contributed by atoms with van der Waals surface area (Å²) in [5, 5.41) is 8.99. The van der Waals surface area contributed by atoms with Crippen molar-refractivity contribution in [2.24, 2.45) is 0 Å². The number of esters is 1. The van der Waals surface area contributed by atoms with Crippen molar-refractivity contribution in [1.29, 1.82) is 0 Å². The molecule has 1 aromatic heterocycles. The number of halogens is 1. The minimum Gasteiger partial charge on any atom is -0.479 e. The molecule has 114 valence electrons. The highest BCUT2D eigenvalue weighted by molar-refractivity contribution is 5.74. The SMILES string of the molecule is CC(=O)O[C@H]1C[C@H](n2cc(F)c(=O)[nH]c2=O)O[C@@H]1C(=O)O. The first-order valence-electron chi connectivity index (χ1n) is 5.86. The van der Waals surface area contributed by atoms with Gasteiger partial charge in [0, 0.05) is 13.3 Å². The van der Waals surface area contributed by atoms with E-state index < -0.39 is 47.4 Å². The molecule has 0 radical (unpaired) electrons. The minimum absolute atomic E-state index is 0.165. The Morgan fingerprint density at radius 3 is 2.76 bits per heavy atom. The number of carboxylic acids is 1. The van der Waals surface area contributed by atoms with Crippen LogP contribution < -0.4 is 11.2 Å². The molecule has 0 saturated carbocycles. The maximum absolute atomic E-state index is 13.2. The molecule has 1 aromatic rings. The molecule has 0 bridgehead atoms. The Bertz CT molecular complexity index is 695. The number of rotatable bonds is 3. The number of nitrogens with one attached hydrogen (secondary N) is 1. The van der Waals surface area contributed by atoms with Crippen LogP contribution in [0.4, 0.5) is 4.39 Å². The van der Waals surface area contributed by atoms with E-state index in [1.54, 1.807) is 4.98 Å². The molecule has 1 aliphatic heterocycles. The van der Waals surface area contributed by atoms with Crippen LogP contribution in [0.15, 0.2) is 15.8 Å². The quantitative estimate of drug-likeness (QED) is 0.684. The minimum atomic E-state index is -1.49. The Morgan fingerprint density at radius 1 is 1.52 bits per heavy atom.